The molecule has 0 saturated heterocycles. The van der Waals surface area contributed by atoms with Crippen molar-refractivity contribution < 1.29 is 0 Å². The number of allylic oxidation sites excluding steroid dienone is 2. The van der Waals surface area contributed by atoms with Crippen molar-refractivity contribution >= 4 is 5.71 Å². The lowest BCUT2D eigenvalue weighted by Crippen LogP contribution is -2.22. The first-order valence-corrected chi connectivity index (χ1v) is 7.51. The van der Waals surface area contributed by atoms with Crippen molar-refractivity contribution in [1.29, 1.82) is 5.41 Å². The van der Waals surface area contributed by atoms with Crippen molar-refractivity contribution in [2.24, 2.45) is 5.41 Å². The van der Waals surface area contributed by atoms with E-state index in [2.05, 4.69) is 76.2 Å². The van der Waals surface area contributed by atoms with E-state index >= 15 is 0 Å². The largest absolute Gasteiger partial charge is 0.305 e. The molecule has 0 fully saturated rings. The van der Waals surface area contributed by atoms with Crippen LogP contribution in [0.4, 0.5) is 0 Å². The van der Waals surface area contributed by atoms with Crippen LogP contribution in [0.5, 0.6) is 0 Å². The predicted octanol–water partition coefficient (Wildman–Crippen LogP) is 4.24. The molecule has 1 aromatic carbocycles. The molecule has 21 heavy (non-hydrogen) atoms. The van der Waals surface area contributed by atoms with E-state index in [9.17, 15) is 0 Å². The highest BCUT2D eigenvalue weighted by Crippen LogP contribution is 2.32. The average molecular weight is 282 g/mol. The summed E-state index contributed by atoms with van der Waals surface area (Å²) < 4.78 is 0. The minimum Gasteiger partial charge on any atom is -0.305 e. The molecule has 1 aromatic rings. The van der Waals surface area contributed by atoms with Crippen LogP contribution in [0.1, 0.15) is 37.8 Å². The second kappa shape index (κ2) is 5.98. The van der Waals surface area contributed by atoms with Gasteiger partial charge in [-0.3, -0.25) is 0 Å². The summed E-state index contributed by atoms with van der Waals surface area (Å²) in [6.45, 7) is 7.27. The number of rotatable bonds is 4. The molecule has 1 atom stereocenters. The van der Waals surface area contributed by atoms with E-state index in [-0.39, 0.29) is 5.41 Å². The molecule has 2 rings (SSSR count). The molecule has 0 saturated carbocycles. The topological polar surface area (TPSA) is 27.1 Å². The Morgan fingerprint density at radius 2 is 1.86 bits per heavy atom. The molecule has 1 aliphatic carbocycles. The number of likely N-dealkylation sites (N-methyl/N-ethyl adjacent to an activating group) is 1. The average Bonchev–Trinajstić information content (AvgIpc) is 2.84. The molecule has 1 unspecified atom stereocenters. The van der Waals surface area contributed by atoms with Gasteiger partial charge in [0, 0.05) is 23.6 Å². The van der Waals surface area contributed by atoms with Gasteiger partial charge in [0.2, 0.25) is 0 Å². The summed E-state index contributed by atoms with van der Waals surface area (Å²) >= 11 is 0. The van der Waals surface area contributed by atoms with Crippen molar-refractivity contribution in [2.75, 3.05) is 20.6 Å². The van der Waals surface area contributed by atoms with E-state index in [1.807, 2.05) is 6.07 Å². The zero-order valence-corrected chi connectivity index (χ0v) is 13.8. The fraction of sp³-hybridized carbons (Fsp3) is 0.421. The van der Waals surface area contributed by atoms with Crippen LogP contribution in [-0.2, 0) is 0 Å². The Bertz CT molecular complexity index is 586. The van der Waals surface area contributed by atoms with Crippen LogP contribution in [0.25, 0.3) is 0 Å². The first-order chi connectivity index (χ1) is 9.79. The molecule has 0 aliphatic heterocycles. The van der Waals surface area contributed by atoms with Crippen LogP contribution in [0.2, 0.25) is 0 Å². The summed E-state index contributed by atoms with van der Waals surface area (Å²) in [5.74, 6) is 0.291. The van der Waals surface area contributed by atoms with Gasteiger partial charge >= 0.3 is 0 Å². The lowest BCUT2D eigenvalue weighted by Gasteiger charge is -2.23. The maximum atomic E-state index is 8.50. The normalized spacial score (nSPS) is 18.2. The van der Waals surface area contributed by atoms with E-state index in [0.29, 0.717) is 11.6 Å². The third-order valence-electron chi connectivity index (χ3n) is 3.75. The number of benzene rings is 1. The Hall–Kier alpha value is -1.67. The molecule has 1 aliphatic rings. The summed E-state index contributed by atoms with van der Waals surface area (Å²) in [6.07, 6.45) is 6.77. The fourth-order valence-electron chi connectivity index (χ4n) is 2.65. The molecule has 0 spiro atoms. The minimum atomic E-state index is -0.130. The first-order valence-electron chi connectivity index (χ1n) is 7.51. The van der Waals surface area contributed by atoms with Gasteiger partial charge in [-0.15, -0.1) is 0 Å². The highest BCUT2D eigenvalue weighted by molar-refractivity contribution is 6.03. The van der Waals surface area contributed by atoms with Gasteiger partial charge in [0.15, 0.2) is 0 Å². The van der Waals surface area contributed by atoms with Crippen LogP contribution in [0, 0.1) is 10.8 Å². The molecule has 2 nitrogen and oxygen atoms in total. The lowest BCUT2D eigenvalue weighted by molar-refractivity contribution is 0.449. The van der Waals surface area contributed by atoms with Gasteiger partial charge in [0.1, 0.15) is 0 Å². The van der Waals surface area contributed by atoms with Crippen LogP contribution < -0.4 is 0 Å². The summed E-state index contributed by atoms with van der Waals surface area (Å²) in [6, 6.07) is 8.33. The zero-order valence-electron chi connectivity index (χ0n) is 13.8. The second-order valence-electron chi connectivity index (χ2n) is 7.08. The van der Waals surface area contributed by atoms with Crippen LogP contribution in [0.3, 0.4) is 0 Å². The quantitative estimate of drug-likeness (QED) is 0.822. The third-order valence-corrected chi connectivity index (χ3v) is 3.75. The van der Waals surface area contributed by atoms with Crippen molar-refractivity contribution in [3.63, 3.8) is 0 Å². The third kappa shape index (κ3) is 3.70. The Labute approximate surface area is 128 Å². The van der Waals surface area contributed by atoms with Crippen molar-refractivity contribution in [1.82, 2.24) is 4.90 Å². The van der Waals surface area contributed by atoms with Gasteiger partial charge in [0.05, 0.1) is 0 Å². The number of nitrogens with zero attached hydrogens (tertiary/aromatic N) is 1. The second-order valence-corrected chi connectivity index (χ2v) is 7.08. The smallest absolute Gasteiger partial charge is 0.0442 e. The molecule has 0 radical (unpaired) electrons. The van der Waals surface area contributed by atoms with Gasteiger partial charge in [-0.1, -0.05) is 63.3 Å². The molecule has 1 N–H and O–H groups in total. The van der Waals surface area contributed by atoms with E-state index in [1.165, 1.54) is 11.1 Å². The molecule has 0 amide bonds. The fourth-order valence-corrected chi connectivity index (χ4v) is 2.65. The van der Waals surface area contributed by atoms with Gasteiger partial charge in [-0.2, -0.15) is 0 Å². The van der Waals surface area contributed by atoms with Gasteiger partial charge in [-0.25, -0.2) is 0 Å². The maximum absolute atomic E-state index is 8.50. The van der Waals surface area contributed by atoms with Crippen LogP contribution in [0.15, 0.2) is 48.1 Å². The number of nitrogens with one attached hydrogen (secondary N) is 1. The first kappa shape index (κ1) is 15.7. The molecule has 0 aromatic heterocycles. The van der Waals surface area contributed by atoms with Crippen LogP contribution >= 0.6 is 0 Å². The van der Waals surface area contributed by atoms with E-state index in [0.717, 1.165) is 12.1 Å². The number of hydrogen-bond acceptors (Lipinski definition) is 2. The van der Waals surface area contributed by atoms with Crippen molar-refractivity contribution in [2.45, 2.75) is 26.7 Å². The SMILES string of the molecule is CN(C)CC1=CC(c2ccccc2C(=N)C(C)(C)C)C=C1. The Kier molecular flexibility index (Phi) is 4.48. The summed E-state index contributed by atoms with van der Waals surface area (Å²) in [5.41, 5.74) is 4.24. The molecule has 0 bridgehead atoms. The highest BCUT2D eigenvalue weighted by Gasteiger charge is 2.23. The molecule has 112 valence electrons. The molecular weight excluding hydrogens is 256 g/mol. The maximum Gasteiger partial charge on any atom is 0.0442 e. The Morgan fingerprint density at radius 3 is 2.48 bits per heavy atom. The van der Waals surface area contributed by atoms with Crippen LogP contribution in [-0.4, -0.2) is 31.3 Å². The molecule has 0 heterocycles. The summed E-state index contributed by atoms with van der Waals surface area (Å²) in [4.78, 5) is 2.18. The Morgan fingerprint density at radius 1 is 1.19 bits per heavy atom. The van der Waals surface area contributed by atoms with Crippen molar-refractivity contribution in [3.8, 4) is 0 Å². The Balaban J connectivity index is 2.33. The summed E-state index contributed by atoms with van der Waals surface area (Å²) in [5, 5.41) is 8.50. The predicted molar refractivity (Wildman–Crippen MR) is 91.2 cm³/mol. The monoisotopic (exact) mass is 282 g/mol. The highest BCUT2D eigenvalue weighted by atomic mass is 15.0. The molecule has 2 heteroatoms. The van der Waals surface area contributed by atoms with Gasteiger partial charge < -0.3 is 10.3 Å². The summed E-state index contributed by atoms with van der Waals surface area (Å²) in [7, 11) is 4.18. The van der Waals surface area contributed by atoms with Crippen molar-refractivity contribution in [3.05, 3.63) is 59.2 Å². The lowest BCUT2D eigenvalue weighted by atomic mass is 9.81. The van der Waals surface area contributed by atoms with E-state index < -0.39 is 0 Å². The number of hydrogen-bond donors (Lipinski definition) is 1. The minimum absolute atomic E-state index is 0.130. The van der Waals surface area contributed by atoms with Gasteiger partial charge in [-0.05, 0) is 30.8 Å². The zero-order chi connectivity index (χ0) is 15.6. The van der Waals surface area contributed by atoms with Gasteiger partial charge in [0.25, 0.3) is 0 Å². The van der Waals surface area contributed by atoms with E-state index in [1.54, 1.807) is 0 Å². The van der Waals surface area contributed by atoms with E-state index in [4.69, 9.17) is 5.41 Å². The molecular formula is C19H26N2. The standard InChI is InChI=1S/C19H26N2/c1-19(2,3)18(20)17-9-7-6-8-16(17)15-11-10-14(12-15)13-21(4)5/h6-12,15,20H,13H2,1-5H3.